The molecule has 124 valence electrons. The first kappa shape index (κ1) is 16.0. The second-order valence-corrected chi connectivity index (χ2v) is 6.41. The van der Waals surface area contributed by atoms with Crippen molar-refractivity contribution in [3.05, 3.63) is 46.5 Å². The molecule has 6 nitrogen and oxygen atoms in total. The lowest BCUT2D eigenvalue weighted by atomic mass is 9.93. The molecule has 3 rings (SSSR count). The number of allylic oxidation sites excluding steroid dienone is 2. The summed E-state index contributed by atoms with van der Waals surface area (Å²) in [4.78, 5) is 10.1. The quantitative estimate of drug-likeness (QED) is 0.436. The van der Waals surface area contributed by atoms with Crippen LogP contribution in [-0.4, -0.2) is 35.8 Å². The second kappa shape index (κ2) is 7.10. The Morgan fingerprint density at radius 2 is 2.09 bits per heavy atom. The van der Waals surface area contributed by atoms with Crippen molar-refractivity contribution in [3.63, 3.8) is 0 Å². The van der Waals surface area contributed by atoms with Gasteiger partial charge < -0.3 is 15.2 Å². The van der Waals surface area contributed by atoms with Gasteiger partial charge >= 0.3 is 0 Å². The summed E-state index contributed by atoms with van der Waals surface area (Å²) >= 11 is 0. The lowest BCUT2D eigenvalue weighted by molar-refractivity contribution is -0.384. The number of non-ortho nitro benzene ring substituents is 1. The van der Waals surface area contributed by atoms with Crippen LogP contribution in [0.25, 0.3) is 0 Å². The predicted molar refractivity (Wildman–Crippen MR) is 86.3 cm³/mol. The van der Waals surface area contributed by atoms with Crippen LogP contribution in [0.1, 0.15) is 12.8 Å². The molecule has 2 aliphatic carbocycles. The van der Waals surface area contributed by atoms with Crippen molar-refractivity contribution in [2.24, 2.45) is 17.8 Å². The van der Waals surface area contributed by atoms with Crippen molar-refractivity contribution in [1.82, 2.24) is 5.32 Å². The second-order valence-electron chi connectivity index (χ2n) is 6.41. The molecule has 23 heavy (non-hydrogen) atoms. The fourth-order valence-corrected chi connectivity index (χ4v) is 3.48. The minimum atomic E-state index is -0.598. The van der Waals surface area contributed by atoms with Crippen LogP contribution in [0.15, 0.2) is 36.4 Å². The molecule has 6 heteroatoms. The summed E-state index contributed by atoms with van der Waals surface area (Å²) in [5.41, 5.74) is 0.0273. The normalized spacial score (nSPS) is 26.4. The van der Waals surface area contributed by atoms with Gasteiger partial charge in [-0.3, -0.25) is 10.1 Å². The van der Waals surface area contributed by atoms with E-state index in [0.717, 1.165) is 12.5 Å². The summed E-state index contributed by atoms with van der Waals surface area (Å²) in [6, 6.07) is 5.87. The van der Waals surface area contributed by atoms with Gasteiger partial charge in [-0.1, -0.05) is 12.2 Å². The first-order valence-electron chi connectivity index (χ1n) is 8.06. The zero-order chi connectivity index (χ0) is 16.2. The lowest BCUT2D eigenvalue weighted by Crippen LogP contribution is -2.35. The Hall–Kier alpha value is -1.92. The number of nitrogens with one attached hydrogen (secondary N) is 1. The molecule has 1 fully saturated rings. The minimum absolute atomic E-state index is 0.0273. The summed E-state index contributed by atoms with van der Waals surface area (Å²) in [6.45, 7) is 1.59. The average molecular weight is 318 g/mol. The van der Waals surface area contributed by atoms with Crippen LogP contribution >= 0.6 is 0 Å². The van der Waals surface area contributed by atoms with Gasteiger partial charge in [0.15, 0.2) is 0 Å². The molecule has 0 heterocycles. The van der Waals surface area contributed by atoms with Crippen LogP contribution in [0.5, 0.6) is 5.75 Å². The van der Waals surface area contributed by atoms with Gasteiger partial charge in [-0.15, -0.1) is 0 Å². The van der Waals surface area contributed by atoms with Crippen LogP contribution < -0.4 is 10.1 Å². The molecule has 2 bridgehead atoms. The van der Waals surface area contributed by atoms with Crippen molar-refractivity contribution in [2.45, 2.75) is 18.9 Å². The predicted octanol–water partition coefficient (Wildman–Crippen LogP) is 2.14. The number of hydrogen-bond acceptors (Lipinski definition) is 5. The first-order chi connectivity index (χ1) is 11.1. The van der Waals surface area contributed by atoms with Gasteiger partial charge in [0, 0.05) is 18.7 Å². The number of fused-ring (bicyclic) bond motifs is 2. The third-order valence-corrected chi connectivity index (χ3v) is 4.69. The van der Waals surface area contributed by atoms with Gasteiger partial charge in [0.2, 0.25) is 0 Å². The van der Waals surface area contributed by atoms with Crippen LogP contribution in [0.4, 0.5) is 5.69 Å². The molecule has 0 aromatic heterocycles. The molecule has 2 aliphatic rings. The molecule has 4 atom stereocenters. The van der Waals surface area contributed by atoms with Gasteiger partial charge in [-0.25, -0.2) is 0 Å². The van der Waals surface area contributed by atoms with E-state index in [-0.39, 0.29) is 12.3 Å². The number of benzene rings is 1. The summed E-state index contributed by atoms with van der Waals surface area (Å²) in [6.07, 6.45) is 6.60. The number of nitro groups is 1. The molecule has 0 amide bonds. The number of aliphatic hydroxyl groups is 1. The van der Waals surface area contributed by atoms with E-state index < -0.39 is 11.0 Å². The van der Waals surface area contributed by atoms with Crippen LogP contribution in [0.2, 0.25) is 0 Å². The highest BCUT2D eigenvalue weighted by atomic mass is 16.6. The average Bonchev–Trinajstić information content (AvgIpc) is 3.16. The molecular formula is C17H22N2O4. The summed E-state index contributed by atoms with van der Waals surface area (Å²) < 4.78 is 5.45. The molecule has 1 aromatic carbocycles. The van der Waals surface area contributed by atoms with Gasteiger partial charge in [0.1, 0.15) is 18.5 Å². The number of hydrogen-bond donors (Lipinski definition) is 2. The van der Waals surface area contributed by atoms with Crippen molar-refractivity contribution in [1.29, 1.82) is 0 Å². The molecule has 0 spiro atoms. The van der Waals surface area contributed by atoms with E-state index in [2.05, 4.69) is 17.5 Å². The van der Waals surface area contributed by atoms with Gasteiger partial charge in [-0.2, -0.15) is 0 Å². The van der Waals surface area contributed by atoms with E-state index in [1.54, 1.807) is 12.1 Å². The highest BCUT2D eigenvalue weighted by Gasteiger charge is 2.34. The van der Waals surface area contributed by atoms with E-state index in [0.29, 0.717) is 24.1 Å². The SMILES string of the molecule is O=[N+]([O-])c1ccc(OCC(O)CNC[C@@H]2C[C@@H]3C=C[C@H]2C3)cc1. The lowest BCUT2D eigenvalue weighted by Gasteiger charge is -2.20. The van der Waals surface area contributed by atoms with Crippen LogP contribution in [0, 0.1) is 27.9 Å². The van der Waals surface area contributed by atoms with Gasteiger partial charge in [0.25, 0.3) is 5.69 Å². The van der Waals surface area contributed by atoms with Crippen LogP contribution in [-0.2, 0) is 0 Å². The molecule has 1 unspecified atom stereocenters. The summed E-state index contributed by atoms with van der Waals surface area (Å²) in [5.74, 6) is 2.68. The molecule has 0 radical (unpaired) electrons. The molecule has 2 N–H and O–H groups in total. The number of nitro benzene ring substituents is 1. The van der Waals surface area contributed by atoms with Crippen molar-refractivity contribution >= 4 is 5.69 Å². The van der Waals surface area contributed by atoms with E-state index in [9.17, 15) is 15.2 Å². The monoisotopic (exact) mass is 318 g/mol. The maximum atomic E-state index is 10.6. The van der Waals surface area contributed by atoms with Crippen molar-refractivity contribution in [2.75, 3.05) is 19.7 Å². The minimum Gasteiger partial charge on any atom is -0.491 e. The molecule has 0 saturated heterocycles. The fourth-order valence-electron chi connectivity index (χ4n) is 3.48. The molecule has 1 aromatic rings. The number of rotatable bonds is 8. The van der Waals surface area contributed by atoms with E-state index in [4.69, 9.17) is 4.74 Å². The Labute approximate surface area is 135 Å². The largest absolute Gasteiger partial charge is 0.491 e. The Morgan fingerprint density at radius 1 is 1.30 bits per heavy atom. The Kier molecular flexibility index (Phi) is 4.93. The highest BCUT2D eigenvalue weighted by Crippen LogP contribution is 2.42. The van der Waals surface area contributed by atoms with Gasteiger partial charge in [-0.05, 0) is 49.3 Å². The summed E-state index contributed by atoms with van der Waals surface area (Å²) in [7, 11) is 0. The number of nitrogens with zero attached hydrogens (tertiary/aromatic N) is 1. The maximum Gasteiger partial charge on any atom is 0.269 e. The first-order valence-corrected chi connectivity index (χ1v) is 8.06. The molecule has 0 aliphatic heterocycles. The molecular weight excluding hydrogens is 296 g/mol. The van der Waals surface area contributed by atoms with Gasteiger partial charge in [0.05, 0.1) is 4.92 Å². The standard InChI is InChI=1S/C17H22N2O4/c20-16(10-18-9-14-8-12-1-2-13(14)7-12)11-23-17-5-3-15(4-6-17)19(21)22/h1-6,12-14,16,18,20H,7-11H2/t12-,13+,14+,16?/m1/s1. The summed E-state index contributed by atoms with van der Waals surface area (Å²) in [5, 5.41) is 23.8. The van der Waals surface area contributed by atoms with E-state index in [1.165, 1.54) is 25.0 Å². The highest BCUT2D eigenvalue weighted by molar-refractivity contribution is 5.35. The Balaban J connectivity index is 1.34. The smallest absolute Gasteiger partial charge is 0.269 e. The van der Waals surface area contributed by atoms with Crippen molar-refractivity contribution < 1.29 is 14.8 Å². The Bertz CT molecular complexity index is 572. The zero-order valence-corrected chi connectivity index (χ0v) is 12.9. The Morgan fingerprint density at radius 3 is 2.70 bits per heavy atom. The van der Waals surface area contributed by atoms with E-state index >= 15 is 0 Å². The number of ether oxygens (including phenoxy) is 1. The third kappa shape index (κ3) is 4.09. The zero-order valence-electron chi connectivity index (χ0n) is 12.9. The fraction of sp³-hybridized carbons (Fsp3) is 0.529. The molecule has 1 saturated carbocycles. The number of aliphatic hydroxyl groups excluding tert-OH is 1. The maximum absolute atomic E-state index is 10.6. The third-order valence-electron chi connectivity index (χ3n) is 4.69. The van der Waals surface area contributed by atoms with Crippen molar-refractivity contribution in [3.8, 4) is 5.75 Å². The topological polar surface area (TPSA) is 84.6 Å². The van der Waals surface area contributed by atoms with E-state index in [1.807, 2.05) is 0 Å². The van der Waals surface area contributed by atoms with Crippen LogP contribution in [0.3, 0.4) is 0 Å².